The van der Waals surface area contributed by atoms with Gasteiger partial charge in [-0.15, -0.1) is 6.58 Å². The van der Waals surface area contributed by atoms with Crippen LogP contribution in [0.1, 0.15) is 51.2 Å². The Morgan fingerprint density at radius 1 is 1.35 bits per heavy atom. The number of likely N-dealkylation sites (tertiary alicyclic amines) is 1. The van der Waals surface area contributed by atoms with E-state index in [-0.39, 0.29) is 37.5 Å². The zero-order valence-electron chi connectivity index (χ0n) is 22.6. The molecule has 3 fully saturated rings. The topological polar surface area (TPSA) is 96.4 Å². The van der Waals surface area contributed by atoms with E-state index in [0.29, 0.717) is 19.3 Å². The number of aryl methyl sites for hydroxylation is 2. The third-order valence-electron chi connectivity index (χ3n) is 8.11. The number of aliphatic hydroxyl groups excluding tert-OH is 1. The molecule has 1 N–H and O–H groups in total. The molecule has 3 aliphatic rings. The van der Waals surface area contributed by atoms with Gasteiger partial charge in [0.05, 0.1) is 37.2 Å². The fraction of sp³-hybridized carbons (Fsp3) is 0.621. The Kier molecular flexibility index (Phi) is 7.81. The molecule has 0 saturated carbocycles. The fourth-order valence-corrected chi connectivity index (χ4v) is 6.68. The van der Waals surface area contributed by atoms with Gasteiger partial charge in [0.25, 0.3) is 5.91 Å². The second-order valence-corrected chi connectivity index (χ2v) is 11.0. The van der Waals surface area contributed by atoms with Crippen molar-refractivity contribution in [3.63, 3.8) is 0 Å². The molecule has 1 aromatic carbocycles. The van der Waals surface area contributed by atoms with E-state index in [9.17, 15) is 19.5 Å². The number of ether oxygens (including phenoxy) is 2. The quantitative estimate of drug-likeness (QED) is 0.382. The van der Waals surface area contributed by atoms with Crippen molar-refractivity contribution in [1.29, 1.82) is 0 Å². The molecule has 3 saturated heterocycles. The summed E-state index contributed by atoms with van der Waals surface area (Å²) in [7, 11) is 0. The standard InChI is InChI=1S/C29H40N2O6/c1-7-13-30(21-15-18(5)9-10-19(21)6)27(34)25-29-12-11-22(37-29)23(28(35)36-8-2)24(29)26(33)31(25)20(16-32)14-17(3)4/h7,9-10,15,17,20,22-25,32H,1,8,11-14,16H2,2-6H3/t20-,22-,23+,24+,25?,29?/m1/s1. The Hall–Kier alpha value is -2.71. The molecule has 202 valence electrons. The first-order chi connectivity index (χ1) is 17.6. The van der Waals surface area contributed by atoms with Gasteiger partial charge < -0.3 is 24.4 Å². The Morgan fingerprint density at radius 2 is 2.08 bits per heavy atom. The van der Waals surface area contributed by atoms with Crippen LogP contribution < -0.4 is 4.90 Å². The Labute approximate surface area is 219 Å². The van der Waals surface area contributed by atoms with Gasteiger partial charge in [-0.1, -0.05) is 32.1 Å². The Balaban J connectivity index is 1.85. The van der Waals surface area contributed by atoms with E-state index < -0.39 is 41.6 Å². The molecule has 1 aromatic rings. The van der Waals surface area contributed by atoms with Gasteiger partial charge in [0, 0.05) is 12.2 Å². The van der Waals surface area contributed by atoms with E-state index in [1.165, 1.54) is 0 Å². The zero-order chi connectivity index (χ0) is 27.1. The number of rotatable bonds is 10. The molecule has 8 nitrogen and oxygen atoms in total. The molecule has 0 radical (unpaired) electrons. The van der Waals surface area contributed by atoms with E-state index in [2.05, 4.69) is 6.58 Å². The van der Waals surface area contributed by atoms with Crippen LogP contribution in [-0.2, 0) is 23.9 Å². The van der Waals surface area contributed by atoms with Crippen LogP contribution in [-0.4, -0.2) is 71.3 Å². The van der Waals surface area contributed by atoms with E-state index in [1.807, 2.05) is 45.9 Å². The van der Waals surface area contributed by atoms with E-state index in [4.69, 9.17) is 9.47 Å². The third-order valence-corrected chi connectivity index (χ3v) is 8.11. The van der Waals surface area contributed by atoms with Crippen molar-refractivity contribution in [2.24, 2.45) is 17.8 Å². The number of hydrogen-bond acceptors (Lipinski definition) is 6. The number of esters is 1. The second-order valence-electron chi connectivity index (χ2n) is 11.0. The van der Waals surface area contributed by atoms with Gasteiger partial charge in [0.2, 0.25) is 5.91 Å². The van der Waals surface area contributed by atoms with E-state index in [1.54, 1.807) is 22.8 Å². The summed E-state index contributed by atoms with van der Waals surface area (Å²) in [4.78, 5) is 45.0. The van der Waals surface area contributed by atoms with E-state index in [0.717, 1.165) is 16.8 Å². The highest BCUT2D eigenvalue weighted by molar-refractivity contribution is 6.05. The summed E-state index contributed by atoms with van der Waals surface area (Å²) in [6.07, 6.45) is 2.79. The molecule has 6 atom stereocenters. The largest absolute Gasteiger partial charge is 0.466 e. The molecule has 37 heavy (non-hydrogen) atoms. The number of benzene rings is 1. The van der Waals surface area contributed by atoms with Crippen molar-refractivity contribution in [3.05, 3.63) is 42.0 Å². The van der Waals surface area contributed by atoms with Crippen LogP contribution >= 0.6 is 0 Å². The van der Waals surface area contributed by atoms with Gasteiger partial charge in [0.1, 0.15) is 11.6 Å². The first-order valence-electron chi connectivity index (χ1n) is 13.4. The van der Waals surface area contributed by atoms with Gasteiger partial charge >= 0.3 is 5.97 Å². The summed E-state index contributed by atoms with van der Waals surface area (Å²) in [5.74, 6) is -2.44. The lowest BCUT2D eigenvalue weighted by atomic mass is 9.70. The second kappa shape index (κ2) is 10.6. The number of aliphatic hydroxyl groups is 1. The maximum atomic E-state index is 14.6. The number of nitrogens with zero attached hydrogens (tertiary/aromatic N) is 2. The van der Waals surface area contributed by atoms with Crippen molar-refractivity contribution in [2.45, 2.75) is 77.7 Å². The highest BCUT2D eigenvalue weighted by Crippen LogP contribution is 2.59. The van der Waals surface area contributed by atoms with Crippen molar-refractivity contribution in [2.75, 3.05) is 24.7 Å². The van der Waals surface area contributed by atoms with Crippen LogP contribution in [0.5, 0.6) is 0 Å². The van der Waals surface area contributed by atoms with Crippen LogP contribution in [0.2, 0.25) is 0 Å². The normalized spacial score (nSPS) is 28.9. The first-order valence-corrected chi connectivity index (χ1v) is 13.4. The maximum absolute atomic E-state index is 14.6. The summed E-state index contributed by atoms with van der Waals surface area (Å²) < 4.78 is 11.8. The number of amides is 2. The Morgan fingerprint density at radius 3 is 2.70 bits per heavy atom. The van der Waals surface area contributed by atoms with Gasteiger partial charge in [-0.05, 0) is 63.1 Å². The van der Waals surface area contributed by atoms with Crippen LogP contribution in [0.3, 0.4) is 0 Å². The fourth-order valence-electron chi connectivity index (χ4n) is 6.68. The van der Waals surface area contributed by atoms with Crippen LogP contribution in [0, 0.1) is 31.6 Å². The number of hydrogen-bond donors (Lipinski definition) is 1. The monoisotopic (exact) mass is 512 g/mol. The van der Waals surface area contributed by atoms with Crippen LogP contribution in [0.15, 0.2) is 30.9 Å². The number of carbonyl (C=O) groups excluding carboxylic acids is 3. The molecule has 2 amide bonds. The van der Waals surface area contributed by atoms with Crippen LogP contribution in [0.25, 0.3) is 0 Å². The van der Waals surface area contributed by atoms with Crippen LogP contribution in [0.4, 0.5) is 5.69 Å². The van der Waals surface area contributed by atoms with Gasteiger partial charge in [0.15, 0.2) is 0 Å². The molecule has 0 aliphatic carbocycles. The lowest BCUT2D eigenvalue weighted by molar-refractivity contribution is -0.155. The predicted octanol–water partition coefficient (Wildman–Crippen LogP) is 3.17. The first kappa shape index (κ1) is 27.3. The average molecular weight is 513 g/mol. The number of carbonyl (C=O) groups is 3. The Bertz CT molecular complexity index is 1070. The molecular weight excluding hydrogens is 472 g/mol. The van der Waals surface area contributed by atoms with Gasteiger partial charge in [-0.3, -0.25) is 14.4 Å². The average Bonchev–Trinajstić information content (AvgIpc) is 3.49. The minimum Gasteiger partial charge on any atom is -0.466 e. The summed E-state index contributed by atoms with van der Waals surface area (Å²) in [6.45, 7) is 13.7. The smallest absolute Gasteiger partial charge is 0.312 e. The third kappa shape index (κ3) is 4.48. The summed E-state index contributed by atoms with van der Waals surface area (Å²) in [6, 6.07) is 4.38. The lowest BCUT2D eigenvalue weighted by Crippen LogP contribution is -2.59. The summed E-state index contributed by atoms with van der Waals surface area (Å²) in [5.41, 5.74) is 1.53. The summed E-state index contributed by atoms with van der Waals surface area (Å²) in [5, 5.41) is 10.4. The minimum absolute atomic E-state index is 0.181. The zero-order valence-corrected chi connectivity index (χ0v) is 22.6. The van der Waals surface area contributed by atoms with Gasteiger partial charge in [-0.25, -0.2) is 0 Å². The molecule has 2 bridgehead atoms. The SMILES string of the molecule is C=CCN(C(=O)C1N([C@@H](CO)CC(C)C)C(=O)[C@@H]2[C@@H](C(=O)OCC)[C@H]3CCC12O3)c1cc(C)ccc1C. The number of fused-ring (bicyclic) bond motifs is 1. The van der Waals surface area contributed by atoms with Crippen molar-refractivity contribution in [1.82, 2.24) is 4.90 Å². The van der Waals surface area contributed by atoms with Crippen molar-refractivity contribution in [3.8, 4) is 0 Å². The molecule has 2 unspecified atom stereocenters. The molecule has 0 aromatic heterocycles. The number of anilines is 1. The summed E-state index contributed by atoms with van der Waals surface area (Å²) >= 11 is 0. The molecule has 8 heteroatoms. The van der Waals surface area contributed by atoms with Crippen molar-refractivity contribution < 1.29 is 29.0 Å². The minimum atomic E-state index is -1.14. The maximum Gasteiger partial charge on any atom is 0.312 e. The molecule has 3 aliphatic heterocycles. The molecule has 4 rings (SSSR count). The molecule has 3 heterocycles. The van der Waals surface area contributed by atoms with Crippen molar-refractivity contribution >= 4 is 23.5 Å². The van der Waals surface area contributed by atoms with Gasteiger partial charge in [-0.2, -0.15) is 0 Å². The molecule has 1 spiro atoms. The van der Waals surface area contributed by atoms with E-state index >= 15 is 0 Å². The predicted molar refractivity (Wildman–Crippen MR) is 140 cm³/mol. The highest BCUT2D eigenvalue weighted by atomic mass is 16.6. The highest BCUT2D eigenvalue weighted by Gasteiger charge is 2.75. The molecular formula is C29H40N2O6. The lowest BCUT2D eigenvalue weighted by Gasteiger charge is -2.40.